The van der Waals surface area contributed by atoms with E-state index in [0.717, 1.165) is 124 Å². The van der Waals surface area contributed by atoms with Crippen LogP contribution in [-0.2, 0) is 27.1 Å². The van der Waals surface area contributed by atoms with Gasteiger partial charge in [0.2, 0.25) is 9.84 Å². The Bertz CT molecular complexity index is 7310. The van der Waals surface area contributed by atoms with Crippen LogP contribution in [0.5, 0.6) is 46.0 Å². The molecule has 24 rings (SSSR count). The number of aryl methyl sites for hydroxylation is 6. The molecule has 0 aromatic heterocycles. The molecule has 16 nitrogen and oxygen atoms in total. The van der Waals surface area contributed by atoms with Crippen LogP contribution in [-0.4, -0.2) is 70.2 Å². The molecule has 6 aliphatic rings. The van der Waals surface area contributed by atoms with Crippen molar-refractivity contribution in [1.29, 1.82) is 0 Å². The van der Waals surface area contributed by atoms with E-state index in [0.29, 0.717) is 41.9 Å². The maximum atomic E-state index is 13.1. The van der Waals surface area contributed by atoms with Gasteiger partial charge in [0, 0.05) is 27.6 Å². The number of anilines is 18. The van der Waals surface area contributed by atoms with Crippen molar-refractivity contribution in [2.45, 2.75) is 77.3 Å². The number of methoxy groups -OCH3 is 6. The van der Waals surface area contributed by atoms with Crippen LogP contribution in [0, 0.1) is 41.5 Å². The third-order valence-electron chi connectivity index (χ3n) is 25.0. The van der Waals surface area contributed by atoms with E-state index in [1.807, 2.05) is 219 Å². The number of nitrogens with zero attached hydrogens (tertiary/aromatic N) is 6. The fraction of sp³-hybridized carbons (Fsp3) is 0.107. The molecule has 0 aliphatic carbocycles. The molecule has 18 aromatic rings. The van der Waals surface area contributed by atoms with Crippen LogP contribution >= 0.6 is 11.8 Å². The van der Waals surface area contributed by atoms with Crippen LogP contribution in [0.15, 0.2) is 430 Å². The topological polar surface area (TPSA) is 135 Å². The van der Waals surface area contributed by atoms with Gasteiger partial charge >= 0.3 is 143 Å². The zero-order valence-electron chi connectivity index (χ0n) is 80.2. The minimum atomic E-state index is -3.57. The van der Waals surface area contributed by atoms with Gasteiger partial charge in [0.25, 0.3) is 0 Å². The van der Waals surface area contributed by atoms with Crippen molar-refractivity contribution in [2.24, 2.45) is 0 Å². The van der Waals surface area contributed by atoms with Crippen molar-refractivity contribution < 1.29 is 45.8 Å². The summed E-state index contributed by atoms with van der Waals surface area (Å²) in [6.07, 6.45) is 0.971. The summed E-state index contributed by atoms with van der Waals surface area (Å²) >= 11 is 2.16. The second-order valence-electron chi connectivity index (χ2n) is 34.3. The van der Waals surface area contributed by atoms with Crippen molar-refractivity contribution in [1.82, 2.24) is 0 Å². The van der Waals surface area contributed by atoms with E-state index in [2.05, 4.69) is 246 Å². The molecule has 20 heteroatoms. The molecule has 18 aromatic carbocycles. The monoisotopic (exact) mass is 1980 g/mol. The molecule has 0 saturated carbocycles. The van der Waals surface area contributed by atoms with Crippen LogP contribution in [0.4, 0.5) is 102 Å². The molecule has 0 fully saturated rings. The van der Waals surface area contributed by atoms with Crippen molar-refractivity contribution >= 4 is 159 Å². The summed E-state index contributed by atoms with van der Waals surface area (Å²) in [7, 11) is 5.40. The molecule has 0 bridgehead atoms. The number of para-hydroxylation sites is 19. The molecular formula is C121H104N6O10S3Se. The molecule has 0 amide bonds. The number of rotatable bonds is 12. The predicted octanol–water partition coefficient (Wildman–Crippen LogP) is 29.9. The van der Waals surface area contributed by atoms with E-state index in [9.17, 15) is 12.6 Å². The Balaban J connectivity index is 0.000000108. The first kappa shape index (κ1) is 94.3. The number of benzene rings is 18. The van der Waals surface area contributed by atoms with Gasteiger partial charge in [0.1, 0.15) is 28.7 Å². The van der Waals surface area contributed by atoms with Gasteiger partial charge in [0.05, 0.1) is 140 Å². The minimum absolute atomic E-state index is 0.305. The number of ether oxygens (including phenoxy) is 7. The number of sulfone groups is 1. The third-order valence-corrected chi connectivity index (χ3v) is 31.7. The summed E-state index contributed by atoms with van der Waals surface area (Å²) in [4.78, 5) is 18.0. The van der Waals surface area contributed by atoms with Gasteiger partial charge in [-0.2, -0.15) is 0 Å². The Hall–Kier alpha value is -15.7. The Morgan fingerprint density at radius 3 is 1.14 bits per heavy atom. The predicted molar refractivity (Wildman–Crippen MR) is 577 cm³/mol. The number of hydrogen-bond donors (Lipinski definition) is 0. The summed E-state index contributed by atoms with van der Waals surface area (Å²) < 4.78 is 81.7. The molecular weight excluding hydrogens is 1870 g/mol. The summed E-state index contributed by atoms with van der Waals surface area (Å²) in [6, 6.07) is 135. The molecule has 6 aliphatic heterocycles. The van der Waals surface area contributed by atoms with Gasteiger partial charge in [-0.05, 0) is 238 Å². The van der Waals surface area contributed by atoms with E-state index >= 15 is 0 Å². The van der Waals surface area contributed by atoms with E-state index in [1.165, 1.54) is 86.2 Å². The average Bonchev–Trinajstić information content (AvgIpc) is 0.726. The zero-order chi connectivity index (χ0) is 97.5. The van der Waals surface area contributed by atoms with Gasteiger partial charge in [-0.3, -0.25) is 4.90 Å². The second kappa shape index (κ2) is 41.6. The van der Waals surface area contributed by atoms with Crippen LogP contribution in [0.2, 0.25) is 0 Å². The van der Waals surface area contributed by atoms with Gasteiger partial charge in [-0.15, -0.1) is 0 Å². The number of fused-ring (bicyclic) bond motifs is 12. The Labute approximate surface area is 838 Å². The van der Waals surface area contributed by atoms with Crippen molar-refractivity contribution in [3.05, 3.63) is 445 Å². The Morgan fingerprint density at radius 1 is 0.255 bits per heavy atom. The maximum absolute atomic E-state index is 13.1. The quantitative estimate of drug-likeness (QED) is 0.107. The summed E-state index contributed by atoms with van der Waals surface area (Å²) in [5, 5.41) is 0. The van der Waals surface area contributed by atoms with Crippen molar-refractivity contribution in [3.63, 3.8) is 0 Å². The third kappa shape index (κ3) is 18.8. The molecule has 0 spiro atoms. The van der Waals surface area contributed by atoms with Crippen molar-refractivity contribution in [3.8, 4) is 46.0 Å². The first-order valence-electron chi connectivity index (χ1n) is 46.3. The van der Waals surface area contributed by atoms with Crippen LogP contribution in [0.1, 0.15) is 44.5 Å². The fourth-order valence-electron chi connectivity index (χ4n) is 18.5. The molecule has 0 radical (unpaired) electrons. The van der Waals surface area contributed by atoms with Crippen LogP contribution in [0.25, 0.3) is 0 Å². The zero-order valence-corrected chi connectivity index (χ0v) is 84.4. The normalized spacial score (nSPS) is 13.3. The second-order valence-corrected chi connectivity index (χ2v) is 40.9. The van der Waals surface area contributed by atoms with Crippen LogP contribution in [0.3, 0.4) is 0 Å². The van der Waals surface area contributed by atoms with Crippen LogP contribution < -0.4 is 71.5 Å². The fourth-order valence-corrected chi connectivity index (χ4v) is 25.2. The Kier molecular flexibility index (Phi) is 27.8. The summed E-state index contributed by atoms with van der Waals surface area (Å²) in [6.45, 7) is 12.4. The first-order valence-corrected chi connectivity index (χ1v) is 51.5. The first-order chi connectivity index (χ1) is 68.8. The van der Waals surface area contributed by atoms with E-state index < -0.39 is 20.6 Å². The van der Waals surface area contributed by atoms with E-state index in [1.54, 1.807) is 60.9 Å². The SMILES string of the molecule is COc1ccccc1N1c2ccccc2Cc2cc(C)ccc21.COc1ccccc1N1c2ccccc2Oc2cc(C)ccc21.COc1ccccc1N1c2ccccc2S(=O)(=O)c2cc(C)ccc21.COc1ccccc1N1c2ccccc2S(=O)c2cc(C)ccc21.COc1ccccc1N1c2ccccc2Sc2cc(C)ccc21.COc1ccccc1N1c2ccccc2[Se]c2cc(C)ccc21. The van der Waals surface area contributed by atoms with Gasteiger partial charge in [-0.1, -0.05) is 181 Å². The van der Waals surface area contributed by atoms with E-state index in [4.69, 9.17) is 33.2 Å². The molecule has 702 valence electrons. The molecule has 0 N–H and O–H groups in total. The number of hydrogen-bond acceptors (Lipinski definition) is 17. The van der Waals surface area contributed by atoms with Crippen molar-refractivity contribution in [2.75, 3.05) is 72.1 Å². The summed E-state index contributed by atoms with van der Waals surface area (Å²) in [5.41, 5.74) is 28.2. The van der Waals surface area contributed by atoms with Gasteiger partial charge < -0.3 is 48.0 Å². The molecule has 0 saturated heterocycles. The molecule has 141 heavy (non-hydrogen) atoms. The van der Waals surface area contributed by atoms with E-state index in [-0.39, 0.29) is 0 Å². The van der Waals surface area contributed by atoms with Gasteiger partial charge in [-0.25, -0.2) is 12.6 Å². The average molecular weight is 1980 g/mol. The molecule has 1 atom stereocenters. The molecule has 6 heterocycles. The standard InChI is InChI=1S/C21H19NO.C20H17NO3S.C20H17NO2S.C20H17NO2.C20H17NOS.C20H17NOSe/c1-15-11-12-19-17(13-15)14-16-7-3-4-8-18(16)22(19)20-9-5-6-10-21(20)23-2;1-14-11-12-17-20(13-14)25(22,23)19-10-6-4-8-16(19)21(17)15-7-3-5-9-18(15)24-2;1-14-11-12-17-20(13-14)24(22)19-10-6-4-8-16(19)21(17)15-7-3-5-9-18(15)23-2;3*1-14-11-12-17-20(13-14)23-19-10-6-4-8-16(19)21(17)15-7-3-5-9-18(15)22-2/h3-13H,14H2,1-2H3;3-13H,1-2H3;3-13H,1-2H3;3*3-13H,1-2H3. The Morgan fingerprint density at radius 2 is 0.582 bits per heavy atom. The van der Waals surface area contributed by atoms with Gasteiger partial charge in [0.15, 0.2) is 11.5 Å². The summed E-state index contributed by atoms with van der Waals surface area (Å²) in [5.74, 6) is 6.65. The molecule has 1 unspecified atom stereocenters.